The first-order chi connectivity index (χ1) is 8.54. The van der Waals surface area contributed by atoms with Gasteiger partial charge in [-0.1, -0.05) is 18.5 Å². The van der Waals surface area contributed by atoms with Gasteiger partial charge in [0.15, 0.2) is 0 Å². The molecule has 0 amide bonds. The molecule has 3 unspecified atom stereocenters. The summed E-state index contributed by atoms with van der Waals surface area (Å²) in [6.45, 7) is 5.67. The number of piperidine rings is 1. The normalized spacial score (nSPS) is 28.5. The number of hydrogen-bond acceptors (Lipinski definition) is 2. The highest BCUT2D eigenvalue weighted by Gasteiger charge is 2.32. The summed E-state index contributed by atoms with van der Waals surface area (Å²) in [5.74, 6) is 0.620. The average molecular weight is 332 g/mol. The van der Waals surface area contributed by atoms with Crippen molar-refractivity contribution in [3.8, 4) is 0 Å². The van der Waals surface area contributed by atoms with Crippen LogP contribution in [0.25, 0.3) is 0 Å². The van der Waals surface area contributed by atoms with Crippen molar-refractivity contribution < 1.29 is 0 Å². The van der Waals surface area contributed by atoms with Crippen molar-refractivity contribution in [2.75, 3.05) is 18.5 Å². The molecule has 2 nitrogen and oxygen atoms in total. The molecule has 0 aromatic heterocycles. The summed E-state index contributed by atoms with van der Waals surface area (Å²) in [5.41, 5.74) is 1.21. The first-order valence-corrected chi connectivity index (χ1v) is 7.60. The lowest BCUT2D eigenvalue weighted by Crippen LogP contribution is -2.52. The van der Waals surface area contributed by atoms with Crippen LogP contribution in [0.15, 0.2) is 22.7 Å². The predicted molar refractivity (Wildman–Crippen MR) is 82.6 cm³/mol. The lowest BCUT2D eigenvalue weighted by atomic mass is 9.87. The first kappa shape index (κ1) is 14.2. The molecule has 18 heavy (non-hydrogen) atoms. The van der Waals surface area contributed by atoms with E-state index in [4.69, 9.17) is 11.6 Å². The Bertz CT molecular complexity index is 424. The quantitative estimate of drug-likeness (QED) is 0.883. The second-order valence-corrected chi connectivity index (χ2v) is 6.36. The van der Waals surface area contributed by atoms with E-state index in [0.717, 1.165) is 16.0 Å². The van der Waals surface area contributed by atoms with E-state index in [-0.39, 0.29) is 0 Å². The molecule has 1 aliphatic rings. The fraction of sp³-hybridized carbons (Fsp3) is 0.571. The van der Waals surface area contributed by atoms with Crippen LogP contribution in [0, 0.1) is 5.92 Å². The van der Waals surface area contributed by atoms with E-state index in [2.05, 4.69) is 53.1 Å². The molecule has 0 bridgehead atoms. The Kier molecular flexibility index (Phi) is 4.57. The largest absolute Gasteiger partial charge is 0.367 e. The summed E-state index contributed by atoms with van der Waals surface area (Å²) >= 11 is 9.75. The van der Waals surface area contributed by atoms with Gasteiger partial charge in [-0.2, -0.15) is 0 Å². The molecular weight excluding hydrogens is 312 g/mol. The van der Waals surface area contributed by atoms with Crippen molar-refractivity contribution in [2.45, 2.75) is 32.4 Å². The van der Waals surface area contributed by atoms with Gasteiger partial charge in [-0.25, -0.2) is 0 Å². The van der Waals surface area contributed by atoms with Crippen molar-refractivity contribution in [3.05, 3.63) is 27.7 Å². The molecule has 1 aromatic carbocycles. The maximum Gasteiger partial charge on any atom is 0.0528 e. The molecule has 0 aliphatic carbocycles. The van der Waals surface area contributed by atoms with E-state index < -0.39 is 0 Å². The van der Waals surface area contributed by atoms with Crippen molar-refractivity contribution in [3.63, 3.8) is 0 Å². The number of anilines is 1. The Balaban J connectivity index is 2.26. The van der Waals surface area contributed by atoms with E-state index in [1.807, 2.05) is 12.1 Å². The molecular formula is C14H20BrClN2. The standard InChI is InChI=1S/C14H20BrClN2/c1-9-10(2)18(7-6-13(9)17-3)14-8-11(16)4-5-12(14)15/h4-5,8-10,13,17H,6-7H2,1-3H3. The van der Waals surface area contributed by atoms with Gasteiger partial charge in [-0.15, -0.1) is 0 Å². The summed E-state index contributed by atoms with van der Waals surface area (Å²) < 4.78 is 1.12. The minimum absolute atomic E-state index is 0.506. The first-order valence-electron chi connectivity index (χ1n) is 6.43. The maximum absolute atomic E-state index is 6.12. The Hall–Kier alpha value is -0.250. The fourth-order valence-electron chi connectivity index (χ4n) is 2.82. The molecule has 0 spiro atoms. The zero-order valence-electron chi connectivity index (χ0n) is 11.1. The van der Waals surface area contributed by atoms with Gasteiger partial charge in [0.2, 0.25) is 0 Å². The fourth-order valence-corrected chi connectivity index (χ4v) is 3.46. The Morgan fingerprint density at radius 3 is 2.78 bits per heavy atom. The van der Waals surface area contributed by atoms with Crippen molar-refractivity contribution >= 4 is 33.2 Å². The SMILES string of the molecule is CNC1CCN(c2cc(Cl)ccc2Br)C(C)C1C. The summed E-state index contributed by atoms with van der Waals surface area (Å²) in [6, 6.07) is 7.11. The number of nitrogens with zero attached hydrogens (tertiary/aromatic N) is 1. The number of hydrogen-bond donors (Lipinski definition) is 1. The Morgan fingerprint density at radius 2 is 2.11 bits per heavy atom. The zero-order valence-corrected chi connectivity index (χ0v) is 13.4. The molecule has 4 heteroatoms. The third kappa shape index (κ3) is 2.68. The van der Waals surface area contributed by atoms with Crippen LogP contribution >= 0.6 is 27.5 Å². The topological polar surface area (TPSA) is 15.3 Å². The van der Waals surface area contributed by atoms with Crippen molar-refractivity contribution in [1.29, 1.82) is 0 Å². The van der Waals surface area contributed by atoms with Gasteiger partial charge in [-0.05, 0) is 60.4 Å². The van der Waals surface area contributed by atoms with Gasteiger partial charge >= 0.3 is 0 Å². The third-order valence-corrected chi connectivity index (χ3v) is 5.06. The van der Waals surface area contributed by atoms with Gasteiger partial charge in [-0.3, -0.25) is 0 Å². The maximum atomic E-state index is 6.12. The number of rotatable bonds is 2. The van der Waals surface area contributed by atoms with Crippen molar-refractivity contribution in [1.82, 2.24) is 5.32 Å². The Labute approximate surface area is 123 Å². The summed E-state index contributed by atoms with van der Waals surface area (Å²) in [7, 11) is 2.05. The summed E-state index contributed by atoms with van der Waals surface area (Å²) in [6.07, 6.45) is 1.17. The number of benzene rings is 1. The molecule has 1 N–H and O–H groups in total. The van der Waals surface area contributed by atoms with E-state index in [1.165, 1.54) is 12.1 Å². The van der Waals surface area contributed by atoms with Crippen LogP contribution in [-0.2, 0) is 0 Å². The highest BCUT2D eigenvalue weighted by Crippen LogP contribution is 2.35. The van der Waals surface area contributed by atoms with Crippen molar-refractivity contribution in [2.24, 2.45) is 5.92 Å². The van der Waals surface area contributed by atoms with Gasteiger partial charge in [0.05, 0.1) is 5.69 Å². The van der Waals surface area contributed by atoms with E-state index in [1.54, 1.807) is 0 Å². The minimum atomic E-state index is 0.506. The summed E-state index contributed by atoms with van der Waals surface area (Å²) in [5, 5.41) is 4.21. The van der Waals surface area contributed by atoms with Gasteiger partial charge < -0.3 is 10.2 Å². The van der Waals surface area contributed by atoms with Crippen LogP contribution in [0.1, 0.15) is 20.3 Å². The zero-order chi connectivity index (χ0) is 13.3. The Morgan fingerprint density at radius 1 is 1.39 bits per heavy atom. The molecule has 0 saturated carbocycles. The highest BCUT2D eigenvalue weighted by atomic mass is 79.9. The van der Waals surface area contributed by atoms with Crippen LogP contribution < -0.4 is 10.2 Å². The van der Waals surface area contributed by atoms with E-state index >= 15 is 0 Å². The highest BCUT2D eigenvalue weighted by molar-refractivity contribution is 9.10. The predicted octanol–water partition coefficient (Wildman–Crippen LogP) is 3.93. The van der Waals surface area contributed by atoms with Gasteiger partial charge in [0, 0.05) is 28.1 Å². The molecule has 1 aromatic rings. The van der Waals surface area contributed by atoms with Crippen LogP contribution in [0.2, 0.25) is 5.02 Å². The molecule has 2 rings (SSSR count). The minimum Gasteiger partial charge on any atom is -0.367 e. The molecule has 1 heterocycles. The van der Waals surface area contributed by atoms with Gasteiger partial charge in [0.1, 0.15) is 0 Å². The molecule has 0 radical (unpaired) electrons. The second kappa shape index (κ2) is 5.81. The average Bonchev–Trinajstić information content (AvgIpc) is 2.36. The summed E-state index contributed by atoms with van der Waals surface area (Å²) in [4.78, 5) is 2.45. The van der Waals surface area contributed by atoms with Crippen LogP contribution in [0.5, 0.6) is 0 Å². The third-order valence-electron chi connectivity index (χ3n) is 4.16. The van der Waals surface area contributed by atoms with Crippen LogP contribution in [0.4, 0.5) is 5.69 Å². The molecule has 3 atom stereocenters. The molecule has 1 fully saturated rings. The number of halogens is 2. The number of nitrogens with one attached hydrogen (secondary N) is 1. The van der Waals surface area contributed by atoms with E-state index in [0.29, 0.717) is 18.0 Å². The lowest BCUT2D eigenvalue weighted by molar-refractivity contribution is 0.282. The van der Waals surface area contributed by atoms with Gasteiger partial charge in [0.25, 0.3) is 0 Å². The van der Waals surface area contributed by atoms with Crippen LogP contribution in [-0.4, -0.2) is 25.7 Å². The van der Waals surface area contributed by atoms with E-state index in [9.17, 15) is 0 Å². The second-order valence-electron chi connectivity index (χ2n) is 5.07. The smallest absolute Gasteiger partial charge is 0.0528 e. The molecule has 100 valence electrons. The molecule has 1 aliphatic heterocycles. The monoisotopic (exact) mass is 330 g/mol. The van der Waals surface area contributed by atoms with Crippen LogP contribution in [0.3, 0.4) is 0 Å². The molecule has 1 saturated heterocycles. The lowest BCUT2D eigenvalue weighted by Gasteiger charge is -2.44.